The molecule has 0 aromatic carbocycles. The third-order valence-corrected chi connectivity index (χ3v) is 4.30. The van der Waals surface area contributed by atoms with Gasteiger partial charge in [-0.2, -0.15) is 5.26 Å². The van der Waals surface area contributed by atoms with Crippen molar-refractivity contribution in [3.05, 3.63) is 44.6 Å². The minimum Gasteiger partial charge on any atom is -0.368 e. The number of ether oxygens (including phenoxy) is 1. The Morgan fingerprint density at radius 1 is 1.33 bits per heavy atom. The number of aromatic nitrogens is 4. The fourth-order valence-corrected chi connectivity index (χ4v) is 2.93. The minimum atomic E-state index is -0.615. The largest absolute Gasteiger partial charge is 0.368 e. The highest BCUT2D eigenvalue weighted by atomic mass is 16.5. The van der Waals surface area contributed by atoms with Crippen LogP contribution in [0.1, 0.15) is 23.9 Å². The first-order valence-corrected chi connectivity index (χ1v) is 7.51. The number of hydrogen-bond donors (Lipinski definition) is 1. The molecule has 1 aliphatic heterocycles. The fourth-order valence-electron chi connectivity index (χ4n) is 2.93. The van der Waals surface area contributed by atoms with Crippen LogP contribution in [0.25, 0.3) is 0 Å². The van der Waals surface area contributed by atoms with Crippen molar-refractivity contribution in [2.45, 2.75) is 18.6 Å². The highest BCUT2D eigenvalue weighted by Crippen LogP contribution is 2.30. The van der Waals surface area contributed by atoms with E-state index in [1.54, 1.807) is 6.20 Å². The second-order valence-corrected chi connectivity index (χ2v) is 5.77. The molecule has 2 atom stereocenters. The molecule has 0 unspecified atom stereocenters. The number of nitriles is 1. The Labute approximate surface area is 137 Å². The monoisotopic (exact) mass is 330 g/mol. The number of imidazole rings is 1. The molecule has 2 aromatic rings. The molecule has 0 amide bonds. The molecule has 0 aliphatic carbocycles. The van der Waals surface area contributed by atoms with Gasteiger partial charge in [-0.1, -0.05) is 0 Å². The number of aryl methyl sites for hydroxylation is 1. The Morgan fingerprint density at radius 2 is 2.08 bits per heavy atom. The van der Waals surface area contributed by atoms with E-state index in [1.807, 2.05) is 23.9 Å². The van der Waals surface area contributed by atoms with Crippen LogP contribution in [0.5, 0.6) is 0 Å². The fraction of sp³-hybridized carbons (Fsp3) is 0.467. The lowest BCUT2D eigenvalue weighted by atomic mass is 10.1. The molecule has 9 heteroatoms. The van der Waals surface area contributed by atoms with Crippen molar-refractivity contribution in [3.63, 3.8) is 0 Å². The Morgan fingerprint density at radius 3 is 2.71 bits per heavy atom. The average molecular weight is 330 g/mol. The molecular weight excluding hydrogens is 312 g/mol. The van der Waals surface area contributed by atoms with E-state index in [2.05, 4.69) is 10.3 Å². The van der Waals surface area contributed by atoms with Gasteiger partial charge in [-0.25, -0.2) is 9.78 Å². The van der Waals surface area contributed by atoms with Crippen molar-refractivity contribution in [2.75, 3.05) is 11.9 Å². The summed E-state index contributed by atoms with van der Waals surface area (Å²) in [4.78, 5) is 28.6. The third-order valence-electron chi connectivity index (χ3n) is 4.30. The topological polar surface area (TPSA) is 107 Å². The van der Waals surface area contributed by atoms with Crippen molar-refractivity contribution < 1.29 is 4.74 Å². The molecule has 1 saturated heterocycles. The number of rotatable bonds is 3. The zero-order chi connectivity index (χ0) is 17.4. The van der Waals surface area contributed by atoms with Crippen molar-refractivity contribution in [1.29, 1.82) is 5.26 Å². The van der Waals surface area contributed by atoms with Crippen LogP contribution in [-0.4, -0.2) is 31.3 Å². The minimum absolute atomic E-state index is 0.0925. The molecule has 1 aliphatic rings. The molecule has 2 aromatic heterocycles. The summed E-state index contributed by atoms with van der Waals surface area (Å²) in [6, 6.07) is 1.69. The highest BCUT2D eigenvalue weighted by Gasteiger charge is 2.33. The van der Waals surface area contributed by atoms with Crippen LogP contribution in [0.2, 0.25) is 0 Å². The molecule has 3 heterocycles. The van der Waals surface area contributed by atoms with E-state index >= 15 is 0 Å². The summed E-state index contributed by atoms with van der Waals surface area (Å²) in [6.07, 6.45) is 3.85. The lowest BCUT2D eigenvalue weighted by Crippen LogP contribution is -2.41. The first-order valence-electron chi connectivity index (χ1n) is 7.51. The van der Waals surface area contributed by atoms with Gasteiger partial charge in [0.1, 0.15) is 23.8 Å². The summed E-state index contributed by atoms with van der Waals surface area (Å²) in [7, 11) is 4.75. The quantitative estimate of drug-likeness (QED) is 0.823. The Hall–Kier alpha value is -2.86. The molecule has 0 saturated carbocycles. The molecular formula is C15H18N6O3. The maximum absolute atomic E-state index is 12.2. The van der Waals surface area contributed by atoms with Gasteiger partial charge in [0.05, 0.1) is 6.04 Å². The summed E-state index contributed by atoms with van der Waals surface area (Å²) < 4.78 is 9.81. The predicted octanol–water partition coefficient (Wildman–Crippen LogP) is -0.369. The van der Waals surface area contributed by atoms with E-state index in [0.29, 0.717) is 13.0 Å². The molecule has 3 rings (SSSR count). The first-order chi connectivity index (χ1) is 11.5. The van der Waals surface area contributed by atoms with Crippen molar-refractivity contribution in [3.8, 4) is 6.07 Å². The zero-order valence-electron chi connectivity index (χ0n) is 13.7. The Kier molecular flexibility index (Phi) is 3.99. The Bertz CT molecular complexity index is 932. The second kappa shape index (κ2) is 5.98. The van der Waals surface area contributed by atoms with E-state index in [4.69, 9.17) is 4.74 Å². The molecule has 1 fully saturated rings. The molecule has 1 N–H and O–H groups in total. The maximum atomic E-state index is 12.2. The molecule has 0 spiro atoms. The number of hydrogen-bond acceptors (Lipinski definition) is 6. The average Bonchev–Trinajstić information content (AvgIpc) is 3.19. The van der Waals surface area contributed by atoms with Crippen LogP contribution < -0.4 is 16.6 Å². The third kappa shape index (κ3) is 2.41. The SMILES string of the molecule is Cn1ccnc1[C@H]1OCC[C@@H]1Nc1c(C#N)c(=O)n(C)c(=O)n1C. The zero-order valence-corrected chi connectivity index (χ0v) is 13.7. The van der Waals surface area contributed by atoms with E-state index in [1.165, 1.54) is 18.7 Å². The van der Waals surface area contributed by atoms with Crippen molar-refractivity contribution in [2.24, 2.45) is 21.1 Å². The van der Waals surface area contributed by atoms with Gasteiger partial charge in [-0.3, -0.25) is 13.9 Å². The predicted molar refractivity (Wildman–Crippen MR) is 85.6 cm³/mol. The number of nitrogens with one attached hydrogen (secondary N) is 1. The van der Waals surface area contributed by atoms with E-state index in [0.717, 1.165) is 10.4 Å². The van der Waals surface area contributed by atoms with Crippen LogP contribution in [0.3, 0.4) is 0 Å². The van der Waals surface area contributed by atoms with Gasteiger partial charge in [0.2, 0.25) is 0 Å². The normalized spacial score (nSPS) is 20.1. The second-order valence-electron chi connectivity index (χ2n) is 5.77. The summed E-state index contributed by atoms with van der Waals surface area (Å²) in [5.41, 5.74) is -1.20. The van der Waals surface area contributed by atoms with Gasteiger partial charge in [0.15, 0.2) is 5.56 Å². The number of anilines is 1. The lowest BCUT2D eigenvalue weighted by molar-refractivity contribution is 0.0982. The van der Waals surface area contributed by atoms with Crippen LogP contribution >= 0.6 is 0 Å². The van der Waals surface area contributed by atoms with E-state index in [9.17, 15) is 14.9 Å². The molecule has 126 valence electrons. The summed E-state index contributed by atoms with van der Waals surface area (Å²) in [5.74, 6) is 0.956. The van der Waals surface area contributed by atoms with Gasteiger partial charge in [-0.05, 0) is 6.42 Å². The number of nitrogens with zero attached hydrogens (tertiary/aromatic N) is 5. The van der Waals surface area contributed by atoms with Gasteiger partial charge >= 0.3 is 5.69 Å². The highest BCUT2D eigenvalue weighted by molar-refractivity contribution is 5.52. The van der Waals surface area contributed by atoms with Crippen molar-refractivity contribution >= 4 is 5.82 Å². The van der Waals surface area contributed by atoms with Gasteiger partial charge in [0, 0.05) is 40.1 Å². The summed E-state index contributed by atoms with van der Waals surface area (Å²) in [6.45, 7) is 0.524. The van der Waals surface area contributed by atoms with Crippen LogP contribution in [0, 0.1) is 11.3 Å². The van der Waals surface area contributed by atoms with Crippen LogP contribution in [0.15, 0.2) is 22.0 Å². The van der Waals surface area contributed by atoms with E-state index < -0.39 is 11.2 Å². The Balaban J connectivity index is 2.03. The molecule has 0 radical (unpaired) electrons. The van der Waals surface area contributed by atoms with Crippen LogP contribution in [0.4, 0.5) is 5.82 Å². The first kappa shape index (κ1) is 16.0. The summed E-state index contributed by atoms with van der Waals surface area (Å²) in [5, 5.41) is 12.5. The van der Waals surface area contributed by atoms with Gasteiger partial charge < -0.3 is 14.6 Å². The molecule has 24 heavy (non-hydrogen) atoms. The van der Waals surface area contributed by atoms with E-state index in [-0.39, 0.29) is 23.5 Å². The van der Waals surface area contributed by atoms with Gasteiger partial charge in [-0.15, -0.1) is 0 Å². The molecule has 0 bridgehead atoms. The molecule has 9 nitrogen and oxygen atoms in total. The lowest BCUT2D eigenvalue weighted by Gasteiger charge is -2.22. The van der Waals surface area contributed by atoms with Crippen molar-refractivity contribution in [1.82, 2.24) is 18.7 Å². The maximum Gasteiger partial charge on any atom is 0.332 e. The summed E-state index contributed by atoms with van der Waals surface area (Å²) >= 11 is 0. The van der Waals surface area contributed by atoms with Gasteiger partial charge in [0.25, 0.3) is 5.56 Å². The standard InChI is InChI=1S/C15H18N6O3/c1-19-6-5-17-13(19)11-10(4-7-24-11)18-12-9(8-16)14(22)21(3)15(23)20(12)2/h5-6,10-11,18H,4,7H2,1-3H3/t10-,11-/m0/s1. The van der Waals surface area contributed by atoms with Crippen LogP contribution in [-0.2, 0) is 25.9 Å². The smallest absolute Gasteiger partial charge is 0.332 e.